The molecule has 1 aliphatic carbocycles. The van der Waals surface area contributed by atoms with E-state index in [4.69, 9.17) is 33.2 Å². The van der Waals surface area contributed by atoms with E-state index >= 15 is 0 Å². The predicted octanol–water partition coefficient (Wildman–Crippen LogP) is 7.14. The lowest BCUT2D eigenvalue weighted by Crippen LogP contribution is -2.61. The third-order valence-electron chi connectivity index (χ3n) is 15.2. The average Bonchev–Trinajstić information content (AvgIpc) is 3.36. The molecule has 0 aromatic rings. The molecule has 0 radical (unpaired) electrons. The van der Waals surface area contributed by atoms with Crippen LogP contribution in [0.1, 0.15) is 126 Å². The van der Waals surface area contributed by atoms with E-state index in [-0.39, 0.29) is 85.4 Å². The minimum absolute atomic E-state index is 0.00794. The number of amides is 1. The number of Topliss-reactive ketones (excluding diaryl/α,β-unsaturated/α-hetero) is 3. The van der Waals surface area contributed by atoms with Gasteiger partial charge in [-0.15, -0.1) is 0 Å². The summed E-state index contributed by atoms with van der Waals surface area (Å²) in [6, 6.07) is -1.16. The molecule has 3 heterocycles. The molecule has 4 aliphatic rings. The van der Waals surface area contributed by atoms with Gasteiger partial charge in [0.05, 0.1) is 31.0 Å². The summed E-state index contributed by atoms with van der Waals surface area (Å²) in [6.45, 7) is 13.1. The number of aliphatic hydroxyl groups excluding tert-OH is 1. The number of alkyl halides is 1. The molecule has 1 saturated carbocycles. The van der Waals surface area contributed by atoms with Crippen molar-refractivity contribution in [2.75, 3.05) is 46.4 Å². The predicted molar refractivity (Wildman–Crippen MR) is 274 cm³/mol. The van der Waals surface area contributed by atoms with Crippen LogP contribution in [0.3, 0.4) is 0 Å². The van der Waals surface area contributed by atoms with Crippen molar-refractivity contribution in [1.29, 1.82) is 0 Å². The average molecular weight is 1080 g/mol. The van der Waals surface area contributed by atoms with Crippen molar-refractivity contribution >= 4 is 51.1 Å². The standard InChI is InChI=1S/C55H84BrNO15/c1-33-16-12-11-13-17-34(2)45(66-8)30-41-21-19-39(7)55(65,72-41)52(62)53(63)57-23-15-14-18-42(57)54(64)71-46(31-43(58)35(3)27-38(6)50(61)51(68-10)49(60)37(5)26-33)36(4)28-40-20-22-44(47(29-40)67-9)69-24-25-70-48(59)32-56/h11-13,16-17,27,33,35-37,39-42,44-47,50-51,61,65H,14-15,18-26,28-32H2,1-10H3/b13-11?,16-12+,34-17?,38-27+/t33-,35-,36-,37-,39-,40+,41+,42+,44-,45+,46+,47-,50-,51+,55-/m1/s1. The van der Waals surface area contributed by atoms with Gasteiger partial charge in [0, 0.05) is 58.5 Å². The minimum Gasteiger partial charge on any atom is -0.463 e. The maximum absolute atomic E-state index is 14.5. The minimum atomic E-state index is -2.45. The molecule has 0 unspecified atom stereocenters. The molecule has 2 N–H and O–H groups in total. The van der Waals surface area contributed by atoms with Gasteiger partial charge in [0.2, 0.25) is 5.79 Å². The van der Waals surface area contributed by atoms with Crippen LogP contribution in [-0.2, 0) is 61.9 Å². The lowest BCUT2D eigenvalue weighted by atomic mass is 9.78. The van der Waals surface area contributed by atoms with E-state index in [9.17, 15) is 39.0 Å². The SMILES string of the molecule is CO[C@H]1C[C@@H]2CC[C@@H](C)[C@@](O)(O2)C(=O)C(=O)N2CCCC[C@H]2C(=O)O[C@H]([C@H](C)C[C@@H]2CC[C@@H](OCCOC(=O)CBr)[C@H](OC)C2)CC(=O)[C@H](C)/C=C(\C)[C@@H](O)[C@@H](OC)C(=O)[C@H](C)C[C@H](C)/C=C/C=CC=C1C. The van der Waals surface area contributed by atoms with Crippen LogP contribution in [0.15, 0.2) is 47.6 Å². The third kappa shape index (κ3) is 17.1. The summed E-state index contributed by atoms with van der Waals surface area (Å²) in [6.07, 6.45) is 11.6. The fourth-order valence-electron chi connectivity index (χ4n) is 10.7. The normalized spacial score (nSPS) is 36.4. The molecule has 2 bridgehead atoms. The van der Waals surface area contributed by atoms with Gasteiger partial charge < -0.3 is 48.3 Å². The fraction of sp³-hybridized carbons (Fsp3) is 0.745. The van der Waals surface area contributed by atoms with Crippen LogP contribution in [0, 0.1) is 35.5 Å². The van der Waals surface area contributed by atoms with Crippen molar-refractivity contribution in [3.63, 3.8) is 0 Å². The Labute approximate surface area is 436 Å². The quantitative estimate of drug-likeness (QED) is 0.0692. The summed E-state index contributed by atoms with van der Waals surface area (Å²) in [5.74, 6) is -8.51. The van der Waals surface area contributed by atoms with Gasteiger partial charge in [0.1, 0.15) is 42.1 Å². The fourth-order valence-corrected chi connectivity index (χ4v) is 10.8. The van der Waals surface area contributed by atoms with Crippen molar-refractivity contribution in [1.82, 2.24) is 4.90 Å². The number of cyclic esters (lactones) is 1. The number of carbonyl (C=O) groups is 6. The first-order valence-corrected chi connectivity index (χ1v) is 27.1. The van der Waals surface area contributed by atoms with E-state index in [1.165, 1.54) is 12.0 Å². The van der Waals surface area contributed by atoms with Crippen molar-refractivity contribution in [2.45, 2.75) is 180 Å². The largest absolute Gasteiger partial charge is 0.463 e. The number of methoxy groups -OCH3 is 3. The Morgan fingerprint density at radius 3 is 2.29 bits per heavy atom. The highest BCUT2D eigenvalue weighted by atomic mass is 79.9. The van der Waals surface area contributed by atoms with E-state index in [1.807, 2.05) is 58.1 Å². The first-order valence-electron chi connectivity index (χ1n) is 26.0. The number of allylic oxidation sites excluding steroid dienone is 6. The smallest absolute Gasteiger partial charge is 0.329 e. The molecule has 17 heteroatoms. The molecule has 4 rings (SSSR count). The second kappa shape index (κ2) is 29.6. The topological polar surface area (TPSA) is 211 Å². The number of esters is 2. The van der Waals surface area contributed by atoms with E-state index in [0.717, 1.165) is 12.0 Å². The number of halogens is 1. The first-order chi connectivity index (χ1) is 34.2. The van der Waals surface area contributed by atoms with Gasteiger partial charge >= 0.3 is 11.9 Å². The second-order valence-corrected chi connectivity index (χ2v) is 21.3. The van der Waals surface area contributed by atoms with Gasteiger partial charge in [-0.3, -0.25) is 24.0 Å². The number of nitrogens with zero attached hydrogens (tertiary/aromatic N) is 1. The maximum Gasteiger partial charge on any atom is 0.329 e. The molecular formula is C55H84BrNO15. The van der Waals surface area contributed by atoms with Crippen molar-refractivity contribution in [3.8, 4) is 0 Å². The molecule has 0 spiro atoms. The highest BCUT2D eigenvalue weighted by Crippen LogP contribution is 2.38. The monoisotopic (exact) mass is 1080 g/mol. The zero-order valence-electron chi connectivity index (χ0n) is 44.4. The van der Waals surface area contributed by atoms with Crippen LogP contribution < -0.4 is 0 Å². The molecule has 3 fully saturated rings. The third-order valence-corrected chi connectivity index (χ3v) is 15.7. The summed E-state index contributed by atoms with van der Waals surface area (Å²) in [7, 11) is 4.57. The van der Waals surface area contributed by atoms with Gasteiger partial charge in [-0.25, -0.2) is 4.79 Å². The summed E-state index contributed by atoms with van der Waals surface area (Å²) in [4.78, 5) is 84.0. The molecule has 0 aromatic carbocycles. The lowest BCUT2D eigenvalue weighted by molar-refractivity contribution is -0.265. The van der Waals surface area contributed by atoms with E-state index in [2.05, 4.69) is 15.9 Å². The molecule has 72 heavy (non-hydrogen) atoms. The summed E-state index contributed by atoms with van der Waals surface area (Å²) >= 11 is 3.08. The van der Waals surface area contributed by atoms with Crippen LogP contribution in [0.5, 0.6) is 0 Å². The number of aliphatic hydroxyl groups is 2. The second-order valence-electron chi connectivity index (χ2n) is 20.8. The van der Waals surface area contributed by atoms with Crippen molar-refractivity contribution in [2.24, 2.45) is 35.5 Å². The lowest BCUT2D eigenvalue weighted by Gasteiger charge is -2.42. The van der Waals surface area contributed by atoms with Gasteiger partial charge in [-0.2, -0.15) is 0 Å². The molecule has 1 amide bonds. The highest BCUT2D eigenvalue weighted by molar-refractivity contribution is 9.09. The van der Waals surface area contributed by atoms with Crippen LogP contribution in [0.4, 0.5) is 0 Å². The zero-order valence-corrected chi connectivity index (χ0v) is 46.0. The number of hydrogen-bond acceptors (Lipinski definition) is 15. The number of piperidine rings is 1. The van der Waals surface area contributed by atoms with E-state index in [1.54, 1.807) is 41.1 Å². The molecule has 16 nitrogen and oxygen atoms in total. The Morgan fingerprint density at radius 2 is 1.61 bits per heavy atom. The number of rotatable bonds is 11. The molecule has 406 valence electrons. The van der Waals surface area contributed by atoms with Gasteiger partial charge in [-0.1, -0.05) is 87.0 Å². The summed E-state index contributed by atoms with van der Waals surface area (Å²) in [5, 5.41) is 23.6. The van der Waals surface area contributed by atoms with Gasteiger partial charge in [0.15, 0.2) is 5.78 Å². The molecular weight excluding hydrogens is 995 g/mol. The van der Waals surface area contributed by atoms with Crippen LogP contribution in [0.2, 0.25) is 0 Å². The Bertz CT molecular complexity index is 1950. The van der Waals surface area contributed by atoms with E-state index < -0.39 is 77.8 Å². The number of hydrogen-bond donors (Lipinski definition) is 2. The zero-order chi connectivity index (χ0) is 53.3. The maximum atomic E-state index is 14.5. The number of ketones is 3. The Balaban J connectivity index is 1.67. The summed E-state index contributed by atoms with van der Waals surface area (Å²) < 4.78 is 41.0. The number of fused-ring (bicyclic) bond motifs is 3. The molecule has 15 atom stereocenters. The molecule has 3 aliphatic heterocycles. The van der Waals surface area contributed by atoms with Crippen molar-refractivity contribution in [3.05, 3.63) is 47.6 Å². The molecule has 2 saturated heterocycles. The van der Waals surface area contributed by atoms with Gasteiger partial charge in [0.25, 0.3) is 11.7 Å². The van der Waals surface area contributed by atoms with E-state index in [0.29, 0.717) is 63.4 Å². The Morgan fingerprint density at radius 1 is 0.875 bits per heavy atom. The van der Waals surface area contributed by atoms with Crippen LogP contribution >= 0.6 is 15.9 Å². The van der Waals surface area contributed by atoms with Crippen LogP contribution in [-0.4, -0.2) is 151 Å². The van der Waals surface area contributed by atoms with Crippen LogP contribution in [0.25, 0.3) is 0 Å². The summed E-state index contributed by atoms with van der Waals surface area (Å²) in [5.41, 5.74) is 1.25. The number of carbonyl (C=O) groups excluding carboxylic acids is 6. The molecule has 0 aromatic heterocycles. The Hall–Kier alpha value is -3.42. The first kappa shape index (κ1) is 61.1. The van der Waals surface area contributed by atoms with Gasteiger partial charge in [-0.05, 0) is 107 Å². The number of ether oxygens (including phenoxy) is 7. The highest BCUT2D eigenvalue weighted by Gasteiger charge is 2.53. The van der Waals surface area contributed by atoms with Crippen molar-refractivity contribution < 1.29 is 72.1 Å². The Kier molecular flexibility index (Phi) is 25.1.